The Hall–Kier alpha value is -2.23. The lowest BCUT2D eigenvalue weighted by atomic mass is 10.1. The van der Waals surface area contributed by atoms with Crippen molar-refractivity contribution in [3.05, 3.63) is 35.7 Å². The molecule has 2 atom stereocenters. The van der Waals surface area contributed by atoms with Crippen LogP contribution in [0.5, 0.6) is 0 Å². The highest BCUT2D eigenvalue weighted by atomic mass is 32.2. The monoisotopic (exact) mass is 371 g/mol. The van der Waals surface area contributed by atoms with Crippen LogP contribution in [0.15, 0.2) is 29.4 Å². The number of halogens is 3. The number of nitrogen functional groups attached to an aromatic ring is 1. The SMILES string of the molecule is C[C@@H]1Cc2ccccc2N1C(=O)[C@@H](C)Sc1nnc(C(F)(F)F)n1N. The number of benzene rings is 1. The van der Waals surface area contributed by atoms with Crippen LogP contribution in [-0.2, 0) is 17.4 Å². The van der Waals surface area contributed by atoms with Crippen LogP contribution in [-0.4, -0.2) is 32.1 Å². The van der Waals surface area contributed by atoms with Crippen molar-refractivity contribution < 1.29 is 18.0 Å². The first kappa shape index (κ1) is 17.6. The van der Waals surface area contributed by atoms with Gasteiger partial charge in [-0.05, 0) is 31.9 Å². The number of carbonyl (C=O) groups is 1. The van der Waals surface area contributed by atoms with E-state index in [2.05, 4.69) is 10.2 Å². The van der Waals surface area contributed by atoms with Crippen molar-refractivity contribution in [2.24, 2.45) is 0 Å². The number of aromatic nitrogens is 3. The molecule has 1 aliphatic rings. The van der Waals surface area contributed by atoms with Gasteiger partial charge in [0.1, 0.15) is 0 Å². The number of alkyl halides is 3. The second-order valence-corrected chi connectivity index (χ2v) is 7.13. The minimum Gasteiger partial charge on any atom is -0.335 e. The van der Waals surface area contributed by atoms with Crippen molar-refractivity contribution in [2.75, 3.05) is 10.7 Å². The van der Waals surface area contributed by atoms with Crippen LogP contribution < -0.4 is 10.7 Å². The first-order valence-electron chi connectivity index (χ1n) is 7.55. The van der Waals surface area contributed by atoms with Gasteiger partial charge in [0.15, 0.2) is 0 Å². The molecule has 1 aliphatic heterocycles. The maximum Gasteiger partial charge on any atom is 0.453 e. The highest BCUT2D eigenvalue weighted by Crippen LogP contribution is 2.35. The highest BCUT2D eigenvalue weighted by molar-refractivity contribution is 8.00. The molecule has 2 heterocycles. The number of hydrogen-bond donors (Lipinski definition) is 1. The van der Waals surface area contributed by atoms with Crippen LogP contribution in [0.3, 0.4) is 0 Å². The molecule has 0 spiro atoms. The van der Waals surface area contributed by atoms with Crippen molar-refractivity contribution in [3.63, 3.8) is 0 Å². The van der Waals surface area contributed by atoms with Crippen LogP contribution in [0.1, 0.15) is 25.2 Å². The molecule has 2 N–H and O–H groups in total. The lowest BCUT2D eigenvalue weighted by Gasteiger charge is -2.25. The molecular weight excluding hydrogens is 355 g/mol. The smallest absolute Gasteiger partial charge is 0.335 e. The number of thioether (sulfide) groups is 1. The maximum absolute atomic E-state index is 12.8. The molecule has 0 unspecified atom stereocenters. The number of rotatable bonds is 3. The van der Waals surface area contributed by atoms with Gasteiger partial charge in [-0.15, -0.1) is 10.2 Å². The van der Waals surface area contributed by atoms with Crippen molar-refractivity contribution in [1.82, 2.24) is 14.9 Å². The summed E-state index contributed by atoms with van der Waals surface area (Å²) in [5.74, 6) is 3.92. The Labute approximate surface area is 146 Å². The van der Waals surface area contributed by atoms with Gasteiger partial charge in [0.2, 0.25) is 11.1 Å². The number of nitrogens with zero attached hydrogens (tertiary/aromatic N) is 4. The number of amides is 1. The Bertz CT molecular complexity index is 807. The van der Waals surface area contributed by atoms with Gasteiger partial charge in [0.05, 0.1) is 5.25 Å². The minimum atomic E-state index is -4.70. The Kier molecular flexibility index (Phi) is 4.40. The van der Waals surface area contributed by atoms with E-state index in [1.807, 2.05) is 31.2 Å². The quantitative estimate of drug-likeness (QED) is 0.663. The molecule has 3 rings (SSSR count). The first-order valence-corrected chi connectivity index (χ1v) is 8.43. The standard InChI is InChI=1S/C15H16F3N5OS/c1-8-7-10-5-3-4-6-11(10)22(8)12(24)9(2)25-14-21-20-13(23(14)19)15(16,17)18/h3-6,8-9H,7,19H2,1-2H3/t8-,9-/m1/s1. The van der Waals surface area contributed by atoms with E-state index in [9.17, 15) is 18.0 Å². The number of nitrogens with two attached hydrogens (primary N) is 1. The highest BCUT2D eigenvalue weighted by Gasteiger charge is 2.39. The van der Waals surface area contributed by atoms with Gasteiger partial charge in [0, 0.05) is 11.7 Å². The van der Waals surface area contributed by atoms with E-state index in [1.54, 1.807) is 11.8 Å². The predicted octanol–water partition coefficient (Wildman–Crippen LogP) is 2.47. The summed E-state index contributed by atoms with van der Waals surface area (Å²) in [5, 5.41) is 5.70. The molecule has 1 amide bonds. The maximum atomic E-state index is 12.8. The number of anilines is 1. The third kappa shape index (κ3) is 3.17. The predicted molar refractivity (Wildman–Crippen MR) is 87.6 cm³/mol. The normalized spacial score (nSPS) is 18.3. The summed E-state index contributed by atoms with van der Waals surface area (Å²) in [6, 6.07) is 7.56. The molecule has 25 heavy (non-hydrogen) atoms. The zero-order valence-electron chi connectivity index (χ0n) is 13.5. The molecule has 0 bridgehead atoms. The average Bonchev–Trinajstić information content (AvgIpc) is 3.06. The zero-order chi connectivity index (χ0) is 18.4. The Morgan fingerprint density at radius 1 is 1.36 bits per heavy atom. The molecule has 2 aromatic rings. The molecule has 0 fully saturated rings. The fourth-order valence-electron chi connectivity index (χ4n) is 2.86. The van der Waals surface area contributed by atoms with Crippen LogP contribution in [0, 0.1) is 0 Å². The van der Waals surface area contributed by atoms with Crippen molar-refractivity contribution in [1.29, 1.82) is 0 Å². The molecular formula is C15H16F3N5OS. The summed E-state index contributed by atoms with van der Waals surface area (Å²) >= 11 is 0.852. The van der Waals surface area contributed by atoms with Gasteiger partial charge < -0.3 is 10.7 Å². The molecule has 0 saturated heterocycles. The van der Waals surface area contributed by atoms with Crippen molar-refractivity contribution in [3.8, 4) is 0 Å². The Balaban J connectivity index is 1.79. The molecule has 0 saturated carbocycles. The minimum absolute atomic E-state index is 0.0190. The van der Waals surface area contributed by atoms with Gasteiger partial charge in [-0.1, -0.05) is 30.0 Å². The fraction of sp³-hybridized carbons (Fsp3) is 0.400. The second kappa shape index (κ2) is 6.25. The lowest BCUT2D eigenvalue weighted by molar-refractivity contribution is -0.146. The van der Waals surface area contributed by atoms with E-state index in [1.165, 1.54) is 0 Å². The average molecular weight is 371 g/mol. The molecule has 0 aliphatic carbocycles. The van der Waals surface area contributed by atoms with Gasteiger partial charge in [0.25, 0.3) is 5.82 Å². The summed E-state index contributed by atoms with van der Waals surface area (Å²) < 4.78 is 38.6. The summed E-state index contributed by atoms with van der Waals surface area (Å²) in [7, 11) is 0. The lowest BCUT2D eigenvalue weighted by Crippen LogP contribution is -2.40. The Morgan fingerprint density at radius 2 is 2.04 bits per heavy atom. The van der Waals surface area contributed by atoms with Gasteiger partial charge >= 0.3 is 6.18 Å². The van der Waals surface area contributed by atoms with Crippen LogP contribution >= 0.6 is 11.8 Å². The number of para-hydroxylation sites is 1. The van der Waals surface area contributed by atoms with Crippen molar-refractivity contribution >= 4 is 23.4 Å². The fourth-order valence-corrected chi connectivity index (χ4v) is 3.68. The number of carbonyl (C=O) groups excluding carboxylic acids is 1. The van der Waals surface area contributed by atoms with Crippen LogP contribution in [0.2, 0.25) is 0 Å². The van der Waals surface area contributed by atoms with E-state index < -0.39 is 17.3 Å². The summed E-state index contributed by atoms with van der Waals surface area (Å²) in [4.78, 5) is 14.5. The Morgan fingerprint density at radius 3 is 2.68 bits per heavy atom. The van der Waals surface area contributed by atoms with E-state index in [4.69, 9.17) is 5.84 Å². The summed E-state index contributed by atoms with van der Waals surface area (Å²) in [6.07, 6.45) is -3.96. The first-order chi connectivity index (χ1) is 11.7. The molecule has 0 radical (unpaired) electrons. The molecule has 1 aromatic carbocycles. The molecule has 1 aromatic heterocycles. The van der Waals surface area contributed by atoms with Crippen molar-refractivity contribution in [2.45, 2.75) is 42.9 Å². The summed E-state index contributed by atoms with van der Waals surface area (Å²) in [6.45, 7) is 3.55. The zero-order valence-corrected chi connectivity index (χ0v) is 14.3. The molecule has 6 nitrogen and oxygen atoms in total. The van der Waals surface area contributed by atoms with Crippen LogP contribution in [0.4, 0.5) is 18.9 Å². The number of fused-ring (bicyclic) bond motifs is 1. The van der Waals surface area contributed by atoms with Gasteiger partial charge in [-0.2, -0.15) is 13.2 Å². The second-order valence-electron chi connectivity index (χ2n) is 5.82. The molecule has 10 heteroatoms. The van der Waals surface area contributed by atoms with E-state index in [0.29, 0.717) is 4.68 Å². The van der Waals surface area contributed by atoms with Crippen LogP contribution in [0.25, 0.3) is 0 Å². The van der Waals surface area contributed by atoms with Gasteiger partial charge in [-0.3, -0.25) is 4.79 Å². The topological polar surface area (TPSA) is 77.0 Å². The van der Waals surface area contributed by atoms with Gasteiger partial charge in [-0.25, -0.2) is 4.68 Å². The third-order valence-electron chi connectivity index (χ3n) is 3.99. The van der Waals surface area contributed by atoms with E-state index >= 15 is 0 Å². The summed E-state index contributed by atoms with van der Waals surface area (Å²) in [5.41, 5.74) is 1.90. The van der Waals surface area contributed by atoms with E-state index in [-0.39, 0.29) is 17.1 Å². The van der Waals surface area contributed by atoms with E-state index in [0.717, 1.165) is 29.4 Å². The molecule has 134 valence electrons. The number of hydrogen-bond acceptors (Lipinski definition) is 5. The third-order valence-corrected chi connectivity index (χ3v) is 5.04. The largest absolute Gasteiger partial charge is 0.453 e.